The average Bonchev–Trinajstić information content (AvgIpc) is 3.53. The van der Waals surface area contributed by atoms with Crippen molar-refractivity contribution in [1.82, 2.24) is 35.0 Å². The average molecular weight is 524 g/mol. The Morgan fingerprint density at radius 2 is 1.60 bits per heavy atom. The summed E-state index contributed by atoms with van der Waals surface area (Å²) in [6.45, 7) is 3.09. The minimum atomic E-state index is 0.515. The molecule has 196 valence electrons. The zero-order chi connectivity index (χ0) is 26.7. The van der Waals surface area contributed by atoms with Gasteiger partial charge >= 0.3 is 0 Å². The van der Waals surface area contributed by atoms with Gasteiger partial charge in [-0.3, -0.25) is 15.0 Å². The van der Waals surface area contributed by atoms with Gasteiger partial charge in [-0.1, -0.05) is 54.6 Å². The molecule has 1 saturated heterocycles. The first-order chi connectivity index (χ1) is 19.8. The number of fused-ring (bicyclic) bond motifs is 1. The van der Waals surface area contributed by atoms with Gasteiger partial charge in [0, 0.05) is 58.8 Å². The van der Waals surface area contributed by atoms with E-state index in [1.165, 1.54) is 11.3 Å². The summed E-state index contributed by atoms with van der Waals surface area (Å²) >= 11 is 0. The SMILES string of the molecule is c1ccc(-c2cc3cncnc3nc2-c2ccc(CN3CCC(c4cc(-c5ccncc5)n[nH]4)CC3)cc2)cc1. The van der Waals surface area contributed by atoms with E-state index in [2.05, 4.69) is 90.7 Å². The van der Waals surface area contributed by atoms with Gasteiger partial charge in [-0.25, -0.2) is 15.0 Å². The molecule has 4 aromatic heterocycles. The van der Waals surface area contributed by atoms with Crippen molar-refractivity contribution in [2.75, 3.05) is 13.1 Å². The highest BCUT2D eigenvalue weighted by atomic mass is 15.1. The maximum absolute atomic E-state index is 4.95. The van der Waals surface area contributed by atoms with Crippen LogP contribution in [-0.2, 0) is 6.54 Å². The van der Waals surface area contributed by atoms with E-state index in [-0.39, 0.29) is 0 Å². The third-order valence-electron chi connectivity index (χ3n) is 7.81. The predicted molar refractivity (Wildman–Crippen MR) is 157 cm³/mol. The largest absolute Gasteiger partial charge is 0.299 e. The summed E-state index contributed by atoms with van der Waals surface area (Å²) < 4.78 is 0. The summed E-state index contributed by atoms with van der Waals surface area (Å²) in [7, 11) is 0. The molecule has 0 bridgehead atoms. The summed E-state index contributed by atoms with van der Waals surface area (Å²) in [5, 5.41) is 8.77. The normalized spacial score (nSPS) is 14.5. The fraction of sp³-hybridized carbons (Fsp3) is 0.182. The lowest BCUT2D eigenvalue weighted by Crippen LogP contribution is -2.32. The molecule has 0 spiro atoms. The van der Waals surface area contributed by atoms with Crippen LogP contribution < -0.4 is 0 Å². The molecule has 5 heterocycles. The predicted octanol–water partition coefficient (Wildman–Crippen LogP) is 6.52. The summed E-state index contributed by atoms with van der Waals surface area (Å²) in [4.78, 5) is 20.2. The van der Waals surface area contributed by atoms with Crippen LogP contribution in [0.1, 0.15) is 30.0 Å². The molecule has 0 aliphatic carbocycles. The first kappa shape index (κ1) is 24.3. The highest BCUT2D eigenvalue weighted by molar-refractivity contribution is 5.89. The van der Waals surface area contributed by atoms with Crippen LogP contribution in [0, 0.1) is 0 Å². The van der Waals surface area contributed by atoms with E-state index in [0.29, 0.717) is 11.6 Å². The number of pyridine rings is 2. The molecule has 0 amide bonds. The second kappa shape index (κ2) is 10.8. The van der Waals surface area contributed by atoms with Crippen molar-refractivity contribution < 1.29 is 0 Å². The number of aromatic amines is 1. The molecule has 0 radical (unpaired) electrons. The second-order valence-corrected chi connectivity index (χ2v) is 10.4. The fourth-order valence-electron chi connectivity index (χ4n) is 5.62. The fourth-order valence-corrected chi connectivity index (χ4v) is 5.62. The molecule has 0 atom stereocenters. The van der Waals surface area contributed by atoms with E-state index in [9.17, 15) is 0 Å². The van der Waals surface area contributed by atoms with Gasteiger partial charge in [0.2, 0.25) is 0 Å². The molecule has 40 heavy (non-hydrogen) atoms. The van der Waals surface area contributed by atoms with Crippen LogP contribution in [0.3, 0.4) is 0 Å². The Morgan fingerprint density at radius 3 is 2.40 bits per heavy atom. The van der Waals surface area contributed by atoms with Gasteiger partial charge < -0.3 is 0 Å². The van der Waals surface area contributed by atoms with Crippen LogP contribution in [0.4, 0.5) is 0 Å². The molecule has 0 unspecified atom stereocenters. The number of rotatable bonds is 6. The molecule has 7 rings (SSSR count). The van der Waals surface area contributed by atoms with Gasteiger partial charge in [-0.05, 0) is 61.3 Å². The maximum Gasteiger partial charge on any atom is 0.163 e. The van der Waals surface area contributed by atoms with Crippen molar-refractivity contribution in [2.45, 2.75) is 25.3 Å². The summed E-state index contributed by atoms with van der Waals surface area (Å²) in [5.74, 6) is 0.515. The van der Waals surface area contributed by atoms with Crippen molar-refractivity contribution in [2.24, 2.45) is 0 Å². The maximum atomic E-state index is 4.95. The van der Waals surface area contributed by atoms with E-state index in [4.69, 9.17) is 4.98 Å². The van der Waals surface area contributed by atoms with E-state index in [0.717, 1.165) is 71.5 Å². The van der Waals surface area contributed by atoms with Crippen LogP contribution in [0.15, 0.2) is 104 Å². The van der Waals surface area contributed by atoms with Crippen molar-refractivity contribution >= 4 is 11.0 Å². The minimum absolute atomic E-state index is 0.515. The molecule has 6 aromatic rings. The third-order valence-corrected chi connectivity index (χ3v) is 7.81. The third kappa shape index (κ3) is 4.99. The molecular formula is C33H29N7. The summed E-state index contributed by atoms with van der Waals surface area (Å²) in [6, 6.07) is 27.6. The molecule has 7 heteroatoms. The molecular weight excluding hydrogens is 494 g/mol. The number of benzene rings is 2. The van der Waals surface area contributed by atoms with Gasteiger partial charge in [0.1, 0.15) is 6.33 Å². The van der Waals surface area contributed by atoms with Gasteiger partial charge in [-0.2, -0.15) is 5.10 Å². The first-order valence-corrected chi connectivity index (χ1v) is 13.7. The van der Waals surface area contributed by atoms with Gasteiger partial charge in [0.05, 0.1) is 11.4 Å². The van der Waals surface area contributed by atoms with E-state index in [1.54, 1.807) is 6.33 Å². The highest BCUT2D eigenvalue weighted by Crippen LogP contribution is 2.34. The number of nitrogens with one attached hydrogen (secondary N) is 1. The van der Waals surface area contributed by atoms with Crippen LogP contribution in [0.2, 0.25) is 0 Å². The number of aromatic nitrogens is 6. The topological polar surface area (TPSA) is 83.5 Å². The molecule has 2 aromatic carbocycles. The van der Waals surface area contributed by atoms with Gasteiger partial charge in [0.25, 0.3) is 0 Å². The van der Waals surface area contributed by atoms with E-state index < -0.39 is 0 Å². The summed E-state index contributed by atoms with van der Waals surface area (Å²) in [6.07, 6.45) is 9.25. The van der Waals surface area contributed by atoms with Crippen LogP contribution in [0.5, 0.6) is 0 Å². The quantitative estimate of drug-likeness (QED) is 0.267. The van der Waals surface area contributed by atoms with Crippen LogP contribution in [-0.4, -0.2) is 48.1 Å². The molecule has 1 N–H and O–H groups in total. The Hall–Kier alpha value is -4.75. The number of piperidine rings is 1. The number of H-pyrrole nitrogens is 1. The standard InChI is InChI=1S/C33H29N7/c1-2-4-24(5-3-1)29-18-28-20-35-22-36-33(28)37-32(29)27-8-6-23(7-9-27)21-40-16-12-26(13-17-40)31-19-30(38-39-31)25-10-14-34-15-11-25/h1-11,14-15,18-20,22,26H,12-13,16-17,21H2,(H,38,39). The molecule has 0 saturated carbocycles. The Balaban J connectivity index is 1.05. The number of hydrogen-bond donors (Lipinski definition) is 1. The summed E-state index contributed by atoms with van der Waals surface area (Å²) in [5.41, 5.74) is 9.59. The Morgan fingerprint density at radius 1 is 0.800 bits per heavy atom. The van der Waals surface area contributed by atoms with Crippen LogP contribution >= 0.6 is 0 Å². The Labute approximate surface area is 233 Å². The van der Waals surface area contributed by atoms with Crippen LogP contribution in [0.25, 0.3) is 44.7 Å². The first-order valence-electron chi connectivity index (χ1n) is 13.7. The zero-order valence-electron chi connectivity index (χ0n) is 22.1. The lowest BCUT2D eigenvalue weighted by Gasteiger charge is -2.31. The Kier molecular flexibility index (Phi) is 6.55. The van der Waals surface area contributed by atoms with Gasteiger partial charge in [0.15, 0.2) is 5.65 Å². The molecule has 7 nitrogen and oxygen atoms in total. The number of nitrogens with zero attached hydrogens (tertiary/aromatic N) is 6. The number of hydrogen-bond acceptors (Lipinski definition) is 6. The van der Waals surface area contributed by atoms with E-state index >= 15 is 0 Å². The van der Waals surface area contributed by atoms with Crippen molar-refractivity contribution in [3.05, 3.63) is 115 Å². The molecule has 1 aliphatic heterocycles. The lowest BCUT2D eigenvalue weighted by molar-refractivity contribution is 0.203. The molecule has 1 aliphatic rings. The van der Waals surface area contributed by atoms with Crippen molar-refractivity contribution in [1.29, 1.82) is 0 Å². The monoisotopic (exact) mass is 523 g/mol. The lowest BCUT2D eigenvalue weighted by atomic mass is 9.92. The number of likely N-dealkylation sites (tertiary alicyclic amines) is 1. The van der Waals surface area contributed by atoms with Crippen molar-refractivity contribution in [3.8, 4) is 33.6 Å². The van der Waals surface area contributed by atoms with Crippen molar-refractivity contribution in [3.63, 3.8) is 0 Å². The smallest absolute Gasteiger partial charge is 0.163 e. The molecule has 1 fully saturated rings. The Bertz CT molecular complexity index is 1720. The van der Waals surface area contributed by atoms with Gasteiger partial charge in [-0.15, -0.1) is 0 Å². The van der Waals surface area contributed by atoms with E-state index in [1.807, 2.05) is 36.8 Å². The highest BCUT2D eigenvalue weighted by Gasteiger charge is 2.22. The minimum Gasteiger partial charge on any atom is -0.299 e. The zero-order valence-corrected chi connectivity index (χ0v) is 22.1. The second-order valence-electron chi connectivity index (χ2n) is 10.4.